The number of carbonyl (C=O) groups excluding carboxylic acids is 2. The number of hydrogen-bond acceptors (Lipinski definition) is 6. The molecular formula is C26H26N4O6S. The Bertz CT molecular complexity index is 1570. The van der Waals surface area contributed by atoms with E-state index in [-0.39, 0.29) is 17.8 Å². The zero-order valence-corrected chi connectivity index (χ0v) is 21.3. The smallest absolute Gasteiger partial charge is 0.307 e. The highest BCUT2D eigenvalue weighted by Gasteiger charge is 2.22. The first-order valence-electron chi connectivity index (χ1n) is 11.2. The largest absolute Gasteiger partial charge is 0.496 e. The number of aromatic nitrogens is 1. The maximum Gasteiger partial charge on any atom is 0.307 e. The third-order valence-electron chi connectivity index (χ3n) is 5.57. The lowest BCUT2D eigenvalue weighted by molar-refractivity contribution is -0.118. The number of rotatable bonds is 9. The quantitative estimate of drug-likeness (QED) is 0.326. The van der Waals surface area contributed by atoms with E-state index in [0.717, 1.165) is 8.28 Å². The second kappa shape index (κ2) is 10.7. The van der Waals surface area contributed by atoms with Gasteiger partial charge in [0.1, 0.15) is 17.2 Å². The van der Waals surface area contributed by atoms with Crippen LogP contribution in [0.4, 0.5) is 0 Å². The number of amides is 2. The van der Waals surface area contributed by atoms with E-state index in [4.69, 9.17) is 9.15 Å². The molecule has 11 heteroatoms. The Balaban J connectivity index is 1.78. The fourth-order valence-corrected chi connectivity index (χ4v) is 4.68. The van der Waals surface area contributed by atoms with Gasteiger partial charge in [0.15, 0.2) is 0 Å². The SMILES string of the molecule is COc1ccccc1C(=O)N/C(=C\c1cn(S(=O)(=O)N(C)C)c2ccccc12)C(=O)NCc1ccco1. The molecule has 4 rings (SSSR count). The molecule has 4 aromatic rings. The zero-order chi connectivity index (χ0) is 26.6. The molecule has 37 heavy (non-hydrogen) atoms. The maximum absolute atomic E-state index is 13.2. The van der Waals surface area contributed by atoms with Gasteiger partial charge in [-0.3, -0.25) is 9.59 Å². The van der Waals surface area contributed by atoms with Gasteiger partial charge in [0.25, 0.3) is 11.8 Å². The highest BCUT2D eigenvalue weighted by Crippen LogP contribution is 2.26. The van der Waals surface area contributed by atoms with Gasteiger partial charge >= 0.3 is 10.2 Å². The molecule has 0 fully saturated rings. The van der Waals surface area contributed by atoms with Crippen LogP contribution in [-0.2, 0) is 21.5 Å². The number of carbonyl (C=O) groups is 2. The summed E-state index contributed by atoms with van der Waals surface area (Å²) in [5.74, 6) is -0.296. The Hall–Kier alpha value is -4.35. The van der Waals surface area contributed by atoms with E-state index in [2.05, 4.69) is 10.6 Å². The summed E-state index contributed by atoms with van der Waals surface area (Å²) in [4.78, 5) is 26.4. The van der Waals surface area contributed by atoms with Crippen LogP contribution in [0.2, 0.25) is 0 Å². The van der Waals surface area contributed by atoms with E-state index >= 15 is 0 Å². The summed E-state index contributed by atoms with van der Waals surface area (Å²) in [6, 6.07) is 16.9. The topological polar surface area (TPSA) is 123 Å². The van der Waals surface area contributed by atoms with Crippen LogP contribution >= 0.6 is 0 Å². The summed E-state index contributed by atoms with van der Waals surface area (Å²) in [7, 11) is 0.456. The fraction of sp³-hybridized carbons (Fsp3) is 0.154. The van der Waals surface area contributed by atoms with Crippen molar-refractivity contribution in [3.8, 4) is 5.75 Å². The maximum atomic E-state index is 13.2. The van der Waals surface area contributed by atoms with Crippen molar-refractivity contribution in [1.82, 2.24) is 18.9 Å². The molecule has 0 bridgehead atoms. The molecule has 2 amide bonds. The first-order valence-corrected chi connectivity index (χ1v) is 12.6. The molecule has 0 radical (unpaired) electrons. The molecule has 0 aliphatic heterocycles. The first-order chi connectivity index (χ1) is 17.7. The molecule has 0 saturated heterocycles. The van der Waals surface area contributed by atoms with Crippen molar-refractivity contribution in [3.63, 3.8) is 0 Å². The summed E-state index contributed by atoms with van der Waals surface area (Å²) in [6.45, 7) is 0.0878. The second-order valence-electron chi connectivity index (χ2n) is 8.16. The highest BCUT2D eigenvalue weighted by atomic mass is 32.2. The molecule has 0 atom stereocenters. The van der Waals surface area contributed by atoms with E-state index in [1.54, 1.807) is 60.7 Å². The molecular weight excluding hydrogens is 496 g/mol. The Morgan fingerprint density at radius 3 is 2.49 bits per heavy atom. The van der Waals surface area contributed by atoms with Gasteiger partial charge in [-0.05, 0) is 36.4 Å². The normalized spacial score (nSPS) is 12.1. The lowest BCUT2D eigenvalue weighted by Gasteiger charge is -2.13. The number of ether oxygens (including phenoxy) is 1. The summed E-state index contributed by atoms with van der Waals surface area (Å²) < 4.78 is 38.7. The molecule has 2 aromatic heterocycles. The molecule has 0 aliphatic carbocycles. The Morgan fingerprint density at radius 1 is 1.05 bits per heavy atom. The van der Waals surface area contributed by atoms with Crippen molar-refractivity contribution in [2.75, 3.05) is 21.2 Å². The van der Waals surface area contributed by atoms with Crippen LogP contribution in [0.3, 0.4) is 0 Å². The Kier molecular flexibility index (Phi) is 7.46. The average molecular weight is 523 g/mol. The number of benzene rings is 2. The van der Waals surface area contributed by atoms with Gasteiger partial charge in [-0.25, -0.2) is 3.97 Å². The van der Waals surface area contributed by atoms with E-state index in [9.17, 15) is 18.0 Å². The number of fused-ring (bicyclic) bond motifs is 1. The van der Waals surface area contributed by atoms with E-state index in [1.165, 1.54) is 39.7 Å². The minimum absolute atomic E-state index is 0.0878. The van der Waals surface area contributed by atoms with Crippen molar-refractivity contribution in [2.24, 2.45) is 0 Å². The van der Waals surface area contributed by atoms with Crippen LogP contribution in [-0.4, -0.2) is 49.7 Å². The summed E-state index contributed by atoms with van der Waals surface area (Å²) in [5, 5.41) is 5.95. The third-order valence-corrected chi connectivity index (χ3v) is 7.29. The van der Waals surface area contributed by atoms with Crippen LogP contribution in [0.5, 0.6) is 5.75 Å². The van der Waals surface area contributed by atoms with Gasteiger partial charge in [-0.15, -0.1) is 0 Å². The summed E-state index contributed by atoms with van der Waals surface area (Å²) >= 11 is 0. The van der Waals surface area contributed by atoms with Gasteiger partial charge in [-0.2, -0.15) is 12.7 Å². The fourth-order valence-electron chi connectivity index (χ4n) is 3.67. The molecule has 0 saturated carbocycles. The van der Waals surface area contributed by atoms with Crippen molar-refractivity contribution >= 4 is 39.0 Å². The van der Waals surface area contributed by atoms with E-state index in [0.29, 0.717) is 28.0 Å². The number of nitrogens with zero attached hydrogens (tertiary/aromatic N) is 2. The molecule has 0 spiro atoms. The summed E-state index contributed by atoms with van der Waals surface area (Å²) in [5.41, 5.74) is 0.985. The minimum Gasteiger partial charge on any atom is -0.496 e. The molecule has 0 unspecified atom stereocenters. The van der Waals surface area contributed by atoms with E-state index < -0.39 is 22.0 Å². The number of methoxy groups -OCH3 is 1. The van der Waals surface area contributed by atoms with Gasteiger partial charge in [0, 0.05) is 31.2 Å². The van der Waals surface area contributed by atoms with Crippen molar-refractivity contribution in [1.29, 1.82) is 0 Å². The van der Waals surface area contributed by atoms with Gasteiger partial charge in [0.05, 0.1) is 31.0 Å². The van der Waals surface area contributed by atoms with E-state index in [1.807, 2.05) is 0 Å². The first kappa shape index (κ1) is 25.7. The number of furan rings is 1. The van der Waals surface area contributed by atoms with Crippen LogP contribution < -0.4 is 15.4 Å². The molecule has 0 aliphatic rings. The lowest BCUT2D eigenvalue weighted by Crippen LogP contribution is -2.34. The Labute approximate surface area is 214 Å². The van der Waals surface area contributed by atoms with Gasteiger partial charge in [-0.1, -0.05) is 30.3 Å². The summed E-state index contributed by atoms with van der Waals surface area (Å²) in [6.07, 6.45) is 4.34. The van der Waals surface area contributed by atoms with Crippen molar-refractivity contribution < 1.29 is 27.2 Å². The molecule has 10 nitrogen and oxygen atoms in total. The average Bonchev–Trinajstić information content (AvgIpc) is 3.55. The van der Waals surface area contributed by atoms with Crippen molar-refractivity contribution in [2.45, 2.75) is 6.54 Å². The third kappa shape index (κ3) is 5.42. The molecule has 192 valence electrons. The highest BCUT2D eigenvalue weighted by molar-refractivity contribution is 7.87. The van der Waals surface area contributed by atoms with Crippen LogP contribution in [0.15, 0.2) is 83.2 Å². The standard InChI is InChI=1S/C26H26N4O6S/c1-29(2)37(33,34)30-17-18(20-10-4-6-12-23(20)30)15-22(26(32)27-16-19-9-8-14-36-19)28-25(31)21-11-5-7-13-24(21)35-3/h4-15,17H,16H2,1-3H3,(H,27,32)(H,28,31)/b22-15-. The molecule has 2 aromatic carbocycles. The number of hydrogen-bond donors (Lipinski definition) is 2. The minimum atomic E-state index is -3.85. The van der Waals surface area contributed by atoms with Crippen LogP contribution in [0.25, 0.3) is 17.0 Å². The van der Waals surface area contributed by atoms with Crippen LogP contribution in [0.1, 0.15) is 21.7 Å². The monoisotopic (exact) mass is 522 g/mol. The predicted molar refractivity (Wildman–Crippen MR) is 139 cm³/mol. The van der Waals surface area contributed by atoms with Crippen LogP contribution in [0, 0.1) is 0 Å². The van der Waals surface area contributed by atoms with Gasteiger partial charge < -0.3 is 19.8 Å². The van der Waals surface area contributed by atoms with Crippen molar-refractivity contribution in [3.05, 3.63) is 95.7 Å². The lowest BCUT2D eigenvalue weighted by atomic mass is 10.1. The number of para-hydroxylation sites is 2. The second-order valence-corrected chi connectivity index (χ2v) is 10.2. The molecule has 2 N–H and O–H groups in total. The van der Waals surface area contributed by atoms with Gasteiger partial charge in [0.2, 0.25) is 0 Å². The predicted octanol–water partition coefficient (Wildman–Crippen LogP) is 2.98. The number of nitrogens with one attached hydrogen (secondary N) is 2. The molecule has 2 heterocycles. The zero-order valence-electron chi connectivity index (χ0n) is 20.5. The Morgan fingerprint density at radius 2 is 1.78 bits per heavy atom.